The number of unbranched alkanes of at least 4 members (excludes halogenated alkanes) is 3. The fourth-order valence-electron chi connectivity index (χ4n) is 2.10. The van der Waals surface area contributed by atoms with Gasteiger partial charge >= 0.3 is 11.9 Å². The average Bonchev–Trinajstić information content (AvgIpc) is 2.80. The highest BCUT2D eigenvalue weighted by Crippen LogP contribution is 2.27. The number of aromatic nitrogens is 1. The van der Waals surface area contributed by atoms with Crippen LogP contribution >= 0.6 is 0 Å². The van der Waals surface area contributed by atoms with E-state index in [0.717, 1.165) is 25.7 Å². The monoisotopic (exact) mass is 297 g/mol. The van der Waals surface area contributed by atoms with Crippen LogP contribution in [-0.4, -0.2) is 35.3 Å². The standard InChI is InChI=1S/C15H23NO5/c1-4-6-7-8-9-16-10-11(14(18)21-5-2)13(17)12(16)15(19)20-3/h10,17H,4-9H2,1-3H3. The van der Waals surface area contributed by atoms with Crippen LogP contribution in [0, 0.1) is 0 Å². The number of hydrogen-bond donors (Lipinski definition) is 1. The van der Waals surface area contributed by atoms with E-state index >= 15 is 0 Å². The quantitative estimate of drug-likeness (QED) is 0.589. The first kappa shape index (κ1) is 17.1. The van der Waals surface area contributed by atoms with Gasteiger partial charge in [-0.3, -0.25) is 0 Å². The van der Waals surface area contributed by atoms with Crippen LogP contribution in [0.4, 0.5) is 0 Å². The van der Waals surface area contributed by atoms with E-state index in [4.69, 9.17) is 4.74 Å². The number of hydrogen-bond acceptors (Lipinski definition) is 5. The summed E-state index contributed by atoms with van der Waals surface area (Å²) in [7, 11) is 1.24. The summed E-state index contributed by atoms with van der Waals surface area (Å²) in [6.45, 7) is 4.53. The molecule has 0 radical (unpaired) electrons. The Labute approximate surface area is 124 Å². The molecule has 1 N–H and O–H groups in total. The number of methoxy groups -OCH3 is 1. The number of carbonyl (C=O) groups is 2. The molecule has 21 heavy (non-hydrogen) atoms. The Bertz CT molecular complexity index is 492. The Kier molecular flexibility index (Phi) is 6.78. The van der Waals surface area contributed by atoms with Gasteiger partial charge in [-0.25, -0.2) is 9.59 Å². The van der Waals surface area contributed by atoms with Crippen molar-refractivity contribution in [2.24, 2.45) is 0 Å². The minimum atomic E-state index is -0.668. The summed E-state index contributed by atoms with van der Waals surface area (Å²) in [5.41, 5.74) is -0.00945. The van der Waals surface area contributed by atoms with Crippen molar-refractivity contribution in [3.05, 3.63) is 17.5 Å². The molecule has 6 heteroatoms. The van der Waals surface area contributed by atoms with Crippen molar-refractivity contribution in [2.45, 2.75) is 46.1 Å². The lowest BCUT2D eigenvalue weighted by molar-refractivity contribution is 0.0523. The van der Waals surface area contributed by atoms with Crippen molar-refractivity contribution in [1.29, 1.82) is 0 Å². The predicted molar refractivity (Wildman–Crippen MR) is 77.5 cm³/mol. The maximum absolute atomic E-state index is 11.8. The van der Waals surface area contributed by atoms with Gasteiger partial charge in [-0.1, -0.05) is 26.2 Å². The molecule has 1 heterocycles. The third kappa shape index (κ3) is 4.24. The second kappa shape index (κ2) is 8.34. The van der Waals surface area contributed by atoms with Gasteiger partial charge < -0.3 is 19.1 Å². The van der Waals surface area contributed by atoms with Crippen LogP contribution in [0.25, 0.3) is 0 Å². The van der Waals surface area contributed by atoms with Gasteiger partial charge in [0, 0.05) is 12.7 Å². The summed E-state index contributed by atoms with van der Waals surface area (Å²) in [6, 6.07) is 0. The van der Waals surface area contributed by atoms with E-state index in [1.807, 2.05) is 0 Å². The second-order valence-electron chi connectivity index (χ2n) is 4.71. The zero-order chi connectivity index (χ0) is 15.8. The van der Waals surface area contributed by atoms with Gasteiger partial charge in [0.1, 0.15) is 5.56 Å². The molecule has 1 aromatic heterocycles. The third-order valence-electron chi connectivity index (χ3n) is 3.18. The molecule has 118 valence electrons. The third-order valence-corrected chi connectivity index (χ3v) is 3.18. The van der Waals surface area contributed by atoms with E-state index < -0.39 is 11.9 Å². The lowest BCUT2D eigenvalue weighted by Crippen LogP contribution is -2.10. The molecule has 0 atom stereocenters. The normalized spacial score (nSPS) is 10.4. The molecule has 1 aromatic rings. The molecule has 0 saturated carbocycles. The van der Waals surface area contributed by atoms with Crippen LogP contribution in [0.5, 0.6) is 5.75 Å². The number of aryl methyl sites for hydroxylation is 1. The van der Waals surface area contributed by atoms with Crippen LogP contribution in [0.2, 0.25) is 0 Å². The predicted octanol–water partition coefficient (Wildman–Crippen LogP) is 2.74. The van der Waals surface area contributed by atoms with Gasteiger partial charge in [0.25, 0.3) is 0 Å². The Morgan fingerprint density at radius 2 is 1.90 bits per heavy atom. The summed E-state index contributed by atoms with van der Waals surface area (Å²) < 4.78 is 11.1. The molecule has 0 saturated heterocycles. The lowest BCUT2D eigenvalue weighted by Gasteiger charge is -2.07. The van der Waals surface area contributed by atoms with E-state index in [0.29, 0.717) is 6.54 Å². The highest BCUT2D eigenvalue weighted by Gasteiger charge is 2.26. The van der Waals surface area contributed by atoms with Gasteiger partial charge in [0.15, 0.2) is 11.4 Å². The molecular formula is C15H23NO5. The van der Waals surface area contributed by atoms with Gasteiger partial charge in [-0.15, -0.1) is 0 Å². The summed E-state index contributed by atoms with van der Waals surface area (Å²) in [5.74, 6) is -1.69. The van der Waals surface area contributed by atoms with Crippen LogP contribution in [-0.2, 0) is 16.0 Å². The highest BCUT2D eigenvalue weighted by atomic mass is 16.5. The highest BCUT2D eigenvalue weighted by molar-refractivity contribution is 5.99. The molecule has 0 bridgehead atoms. The minimum absolute atomic E-state index is 0.00273. The topological polar surface area (TPSA) is 77.8 Å². The number of rotatable bonds is 8. The molecule has 0 amide bonds. The first-order valence-corrected chi connectivity index (χ1v) is 7.24. The summed E-state index contributed by atoms with van der Waals surface area (Å²) in [4.78, 5) is 23.6. The number of nitrogens with zero attached hydrogens (tertiary/aromatic N) is 1. The molecule has 0 aromatic carbocycles. The van der Waals surface area contributed by atoms with E-state index in [1.165, 1.54) is 13.3 Å². The Hall–Kier alpha value is -1.98. The molecule has 0 aliphatic carbocycles. The largest absolute Gasteiger partial charge is 0.505 e. The first-order chi connectivity index (χ1) is 10.1. The molecule has 0 fully saturated rings. The maximum atomic E-state index is 11.8. The summed E-state index contributed by atoms with van der Waals surface area (Å²) in [6.07, 6.45) is 5.53. The van der Waals surface area contributed by atoms with Crippen molar-refractivity contribution in [3.63, 3.8) is 0 Å². The van der Waals surface area contributed by atoms with E-state index in [9.17, 15) is 14.7 Å². The van der Waals surface area contributed by atoms with Gasteiger partial charge in [-0.2, -0.15) is 0 Å². The smallest absolute Gasteiger partial charge is 0.358 e. The van der Waals surface area contributed by atoms with Gasteiger partial charge in [0.2, 0.25) is 0 Å². The van der Waals surface area contributed by atoms with E-state index in [1.54, 1.807) is 11.5 Å². The molecule has 0 spiro atoms. The summed E-state index contributed by atoms with van der Waals surface area (Å²) >= 11 is 0. The number of aromatic hydroxyl groups is 1. The fraction of sp³-hybridized carbons (Fsp3) is 0.600. The molecule has 6 nitrogen and oxygen atoms in total. The zero-order valence-electron chi connectivity index (χ0n) is 12.8. The molecule has 1 rings (SSSR count). The van der Waals surface area contributed by atoms with Crippen LogP contribution in [0.3, 0.4) is 0 Å². The first-order valence-electron chi connectivity index (χ1n) is 7.24. The number of carbonyl (C=O) groups excluding carboxylic acids is 2. The van der Waals surface area contributed by atoms with Crippen molar-refractivity contribution in [2.75, 3.05) is 13.7 Å². The van der Waals surface area contributed by atoms with Crippen LogP contribution < -0.4 is 0 Å². The molecule has 0 aliphatic heterocycles. The molecule has 0 aliphatic rings. The molecular weight excluding hydrogens is 274 g/mol. The van der Waals surface area contributed by atoms with Crippen molar-refractivity contribution >= 4 is 11.9 Å². The second-order valence-corrected chi connectivity index (χ2v) is 4.71. The Morgan fingerprint density at radius 3 is 2.48 bits per heavy atom. The zero-order valence-corrected chi connectivity index (χ0v) is 12.8. The Morgan fingerprint density at radius 1 is 1.19 bits per heavy atom. The number of esters is 2. The van der Waals surface area contributed by atoms with Gasteiger partial charge in [-0.05, 0) is 13.3 Å². The van der Waals surface area contributed by atoms with Gasteiger partial charge in [0.05, 0.1) is 13.7 Å². The Balaban J connectivity index is 3.00. The number of ether oxygens (including phenoxy) is 2. The van der Waals surface area contributed by atoms with E-state index in [-0.39, 0.29) is 23.6 Å². The van der Waals surface area contributed by atoms with Crippen LogP contribution in [0.15, 0.2) is 6.20 Å². The van der Waals surface area contributed by atoms with Crippen LogP contribution in [0.1, 0.15) is 60.4 Å². The fourth-order valence-corrected chi connectivity index (χ4v) is 2.10. The van der Waals surface area contributed by atoms with Crippen molar-refractivity contribution in [1.82, 2.24) is 4.57 Å². The average molecular weight is 297 g/mol. The molecule has 0 unspecified atom stereocenters. The van der Waals surface area contributed by atoms with Crippen molar-refractivity contribution in [3.8, 4) is 5.75 Å². The van der Waals surface area contributed by atoms with Crippen molar-refractivity contribution < 1.29 is 24.2 Å². The maximum Gasteiger partial charge on any atom is 0.358 e. The van der Waals surface area contributed by atoms with E-state index in [2.05, 4.69) is 11.7 Å². The minimum Gasteiger partial charge on any atom is -0.505 e. The lowest BCUT2D eigenvalue weighted by atomic mass is 10.2. The summed E-state index contributed by atoms with van der Waals surface area (Å²) in [5, 5.41) is 10.1. The SMILES string of the molecule is CCCCCCn1cc(C(=O)OCC)c(O)c1C(=O)OC.